The van der Waals surface area contributed by atoms with Crippen LogP contribution in [-0.2, 0) is 4.79 Å². The minimum absolute atomic E-state index is 0.159. The molecule has 0 fully saturated rings. The molecule has 1 N–H and O–H groups in total. The van der Waals surface area contributed by atoms with E-state index in [2.05, 4.69) is 11.4 Å². The lowest BCUT2D eigenvalue weighted by molar-refractivity contribution is -0.127. The molecule has 0 aromatic heterocycles. The Hall–Kier alpha value is -3.01. The van der Waals surface area contributed by atoms with Gasteiger partial charge in [-0.2, -0.15) is 0 Å². The van der Waals surface area contributed by atoms with Crippen LogP contribution in [0.1, 0.15) is 12.5 Å². The molecule has 4 heteroatoms. The Bertz CT molecular complexity index is 891. The quantitative estimate of drug-likeness (QED) is 0.653. The molecule has 134 valence electrons. The van der Waals surface area contributed by atoms with E-state index in [1.165, 1.54) is 5.39 Å². The first-order chi connectivity index (χ1) is 12.6. The number of rotatable bonds is 7. The average Bonchev–Trinajstić information content (AvgIpc) is 2.65. The molecule has 0 aliphatic rings. The highest BCUT2D eigenvalue weighted by Gasteiger charge is 2.14. The summed E-state index contributed by atoms with van der Waals surface area (Å²) in [4.78, 5) is 12.1. The smallest absolute Gasteiger partial charge is 0.260 e. The molecule has 3 aromatic carbocycles. The van der Waals surface area contributed by atoms with Crippen molar-refractivity contribution in [3.63, 3.8) is 0 Å². The molecular formula is C22H23NO3. The maximum atomic E-state index is 12.1. The van der Waals surface area contributed by atoms with Crippen LogP contribution in [0.25, 0.3) is 10.8 Å². The molecule has 0 aliphatic heterocycles. The van der Waals surface area contributed by atoms with Gasteiger partial charge >= 0.3 is 0 Å². The summed E-state index contributed by atoms with van der Waals surface area (Å²) in [6.45, 7) is 4.55. The van der Waals surface area contributed by atoms with Crippen molar-refractivity contribution in [1.29, 1.82) is 0 Å². The number of aryl methyl sites for hydroxylation is 1. The molecule has 0 unspecified atom stereocenters. The van der Waals surface area contributed by atoms with Gasteiger partial charge < -0.3 is 14.8 Å². The number of ether oxygens (including phenoxy) is 2. The second kappa shape index (κ2) is 8.39. The zero-order valence-electron chi connectivity index (χ0n) is 15.1. The molecule has 0 bridgehead atoms. The largest absolute Gasteiger partial charge is 0.492 e. The van der Waals surface area contributed by atoms with Gasteiger partial charge in [-0.3, -0.25) is 4.79 Å². The Labute approximate surface area is 153 Å². The molecule has 1 atom stereocenters. The summed E-state index contributed by atoms with van der Waals surface area (Å²) in [6, 6.07) is 21.7. The zero-order valence-corrected chi connectivity index (χ0v) is 15.1. The van der Waals surface area contributed by atoms with E-state index in [9.17, 15) is 4.79 Å². The predicted octanol–water partition coefficient (Wildman–Crippen LogP) is 4.11. The number of carbonyl (C=O) groups is 1. The maximum absolute atomic E-state index is 12.1. The van der Waals surface area contributed by atoms with Gasteiger partial charge in [0.1, 0.15) is 18.1 Å². The lowest BCUT2D eigenvalue weighted by atomic mass is 10.1. The van der Waals surface area contributed by atoms with E-state index >= 15 is 0 Å². The lowest BCUT2D eigenvalue weighted by Gasteiger charge is -2.15. The Morgan fingerprint density at radius 2 is 1.77 bits per heavy atom. The van der Waals surface area contributed by atoms with Gasteiger partial charge in [0.2, 0.25) is 0 Å². The van der Waals surface area contributed by atoms with E-state index < -0.39 is 6.10 Å². The molecule has 0 heterocycles. The van der Waals surface area contributed by atoms with Crippen molar-refractivity contribution >= 4 is 16.7 Å². The monoisotopic (exact) mass is 349 g/mol. The fourth-order valence-corrected chi connectivity index (χ4v) is 2.69. The second-order valence-electron chi connectivity index (χ2n) is 6.23. The third-order valence-electron chi connectivity index (χ3n) is 4.06. The molecule has 0 spiro atoms. The molecule has 3 aromatic rings. The summed E-state index contributed by atoms with van der Waals surface area (Å²) in [5, 5.41) is 5.15. The van der Waals surface area contributed by atoms with Crippen LogP contribution in [-0.4, -0.2) is 25.2 Å². The van der Waals surface area contributed by atoms with Gasteiger partial charge in [0.25, 0.3) is 5.91 Å². The van der Waals surface area contributed by atoms with Crippen molar-refractivity contribution in [1.82, 2.24) is 5.32 Å². The highest BCUT2D eigenvalue weighted by molar-refractivity contribution is 5.83. The van der Waals surface area contributed by atoms with Crippen molar-refractivity contribution in [3.8, 4) is 11.5 Å². The van der Waals surface area contributed by atoms with Crippen molar-refractivity contribution < 1.29 is 14.3 Å². The van der Waals surface area contributed by atoms with E-state index in [-0.39, 0.29) is 5.91 Å². The summed E-state index contributed by atoms with van der Waals surface area (Å²) >= 11 is 0. The van der Waals surface area contributed by atoms with Crippen LogP contribution in [0.4, 0.5) is 0 Å². The molecule has 4 nitrogen and oxygen atoms in total. The van der Waals surface area contributed by atoms with E-state index in [4.69, 9.17) is 9.47 Å². The van der Waals surface area contributed by atoms with E-state index in [1.54, 1.807) is 6.92 Å². The Morgan fingerprint density at radius 1 is 0.962 bits per heavy atom. The standard InChI is InChI=1S/C22H23NO3/c1-16-6-5-9-21(14-16)26-17(2)22(24)23-12-13-25-20-11-10-18-7-3-4-8-19(18)15-20/h3-11,14-15,17H,12-13H2,1-2H3,(H,23,24)/t17-/m1/s1. The van der Waals surface area contributed by atoms with Crippen LogP contribution < -0.4 is 14.8 Å². The normalized spacial score (nSPS) is 11.8. The SMILES string of the molecule is Cc1cccc(O[C@H](C)C(=O)NCCOc2ccc3ccccc3c2)c1. The molecule has 0 aliphatic carbocycles. The van der Waals surface area contributed by atoms with Gasteiger partial charge in [-0.15, -0.1) is 0 Å². The molecule has 3 rings (SSSR count). The van der Waals surface area contributed by atoms with E-state index in [0.29, 0.717) is 18.9 Å². The summed E-state index contributed by atoms with van der Waals surface area (Å²) in [7, 11) is 0. The van der Waals surface area contributed by atoms with Crippen LogP contribution in [0, 0.1) is 6.92 Å². The molecule has 0 saturated carbocycles. The molecular weight excluding hydrogens is 326 g/mol. The van der Waals surface area contributed by atoms with Crippen LogP contribution in [0.3, 0.4) is 0 Å². The van der Waals surface area contributed by atoms with Crippen LogP contribution in [0.5, 0.6) is 11.5 Å². The number of carbonyl (C=O) groups excluding carboxylic acids is 1. The number of hydrogen-bond donors (Lipinski definition) is 1. The zero-order chi connectivity index (χ0) is 18.4. The number of benzene rings is 3. The molecule has 0 saturated heterocycles. The van der Waals surface area contributed by atoms with Gasteiger partial charge in [0, 0.05) is 0 Å². The summed E-state index contributed by atoms with van der Waals surface area (Å²) < 4.78 is 11.4. The highest BCUT2D eigenvalue weighted by atomic mass is 16.5. The fourth-order valence-electron chi connectivity index (χ4n) is 2.69. The van der Waals surface area contributed by atoms with Gasteiger partial charge in [-0.25, -0.2) is 0 Å². The van der Waals surface area contributed by atoms with Crippen molar-refractivity contribution in [2.24, 2.45) is 0 Å². The Kier molecular flexibility index (Phi) is 5.74. The van der Waals surface area contributed by atoms with Crippen LogP contribution >= 0.6 is 0 Å². The van der Waals surface area contributed by atoms with E-state index in [0.717, 1.165) is 16.7 Å². The third kappa shape index (κ3) is 4.76. The number of amides is 1. The Morgan fingerprint density at radius 3 is 2.58 bits per heavy atom. The highest BCUT2D eigenvalue weighted by Crippen LogP contribution is 2.20. The summed E-state index contributed by atoms with van der Waals surface area (Å²) in [5.74, 6) is 1.33. The lowest BCUT2D eigenvalue weighted by Crippen LogP contribution is -2.38. The van der Waals surface area contributed by atoms with Crippen molar-refractivity contribution in [2.75, 3.05) is 13.2 Å². The number of nitrogens with one attached hydrogen (secondary N) is 1. The molecule has 26 heavy (non-hydrogen) atoms. The second-order valence-corrected chi connectivity index (χ2v) is 6.23. The number of hydrogen-bond acceptors (Lipinski definition) is 3. The third-order valence-corrected chi connectivity index (χ3v) is 4.06. The van der Waals surface area contributed by atoms with Crippen molar-refractivity contribution in [3.05, 3.63) is 72.3 Å². The first kappa shape index (κ1) is 17.8. The minimum Gasteiger partial charge on any atom is -0.492 e. The topological polar surface area (TPSA) is 47.6 Å². The Balaban J connectivity index is 1.44. The van der Waals surface area contributed by atoms with Gasteiger partial charge in [-0.1, -0.05) is 42.5 Å². The van der Waals surface area contributed by atoms with Gasteiger partial charge in [-0.05, 0) is 54.4 Å². The van der Waals surface area contributed by atoms with E-state index in [1.807, 2.05) is 67.6 Å². The number of fused-ring (bicyclic) bond motifs is 1. The predicted molar refractivity (Wildman–Crippen MR) is 104 cm³/mol. The van der Waals surface area contributed by atoms with Gasteiger partial charge in [0.05, 0.1) is 6.54 Å². The molecule has 1 amide bonds. The maximum Gasteiger partial charge on any atom is 0.260 e. The van der Waals surface area contributed by atoms with Crippen LogP contribution in [0.15, 0.2) is 66.7 Å². The average molecular weight is 349 g/mol. The fraction of sp³-hybridized carbons (Fsp3) is 0.227. The minimum atomic E-state index is -0.558. The van der Waals surface area contributed by atoms with Gasteiger partial charge in [0.15, 0.2) is 6.10 Å². The first-order valence-electron chi connectivity index (χ1n) is 8.74. The molecule has 0 radical (unpaired) electrons. The van der Waals surface area contributed by atoms with Crippen molar-refractivity contribution in [2.45, 2.75) is 20.0 Å². The summed E-state index contributed by atoms with van der Waals surface area (Å²) in [6.07, 6.45) is -0.558. The first-order valence-corrected chi connectivity index (χ1v) is 8.74. The van der Waals surface area contributed by atoms with Crippen LogP contribution in [0.2, 0.25) is 0 Å². The summed E-state index contributed by atoms with van der Waals surface area (Å²) in [5.41, 5.74) is 1.10.